The molecule has 0 spiro atoms. The number of rotatable bonds is 8. The average Bonchev–Trinajstić information content (AvgIpc) is 2.60. The number of carbonyl (C=O) groups is 1. The zero-order chi connectivity index (χ0) is 20.0. The van der Waals surface area contributed by atoms with Gasteiger partial charge in [-0.05, 0) is 56.2 Å². The molecule has 1 atom stereocenters. The van der Waals surface area contributed by atoms with Crippen molar-refractivity contribution in [3.63, 3.8) is 0 Å². The maximum atomic E-state index is 11.8. The first-order valence-electron chi connectivity index (χ1n) is 8.80. The third kappa shape index (κ3) is 6.37. The molecule has 1 amide bonds. The van der Waals surface area contributed by atoms with Gasteiger partial charge in [-0.2, -0.15) is 0 Å². The Kier molecular flexibility index (Phi) is 6.98. The summed E-state index contributed by atoms with van der Waals surface area (Å²) in [5.41, 5.74) is 2.71. The molecular formula is C20H26N2O4S. The molecule has 2 rings (SSSR count). The smallest absolute Gasteiger partial charge is 0.221 e. The molecule has 0 heterocycles. The molecule has 6 nitrogen and oxygen atoms in total. The van der Waals surface area contributed by atoms with Gasteiger partial charge < -0.3 is 10.1 Å². The van der Waals surface area contributed by atoms with Crippen molar-refractivity contribution in [1.82, 2.24) is 4.72 Å². The number of nitrogens with one attached hydrogen (secondary N) is 2. The molecule has 0 fully saturated rings. The van der Waals surface area contributed by atoms with E-state index in [4.69, 9.17) is 4.74 Å². The molecule has 2 N–H and O–H groups in total. The Morgan fingerprint density at radius 3 is 2.30 bits per heavy atom. The van der Waals surface area contributed by atoms with Gasteiger partial charge in [-0.1, -0.05) is 24.3 Å². The quantitative estimate of drug-likeness (QED) is 0.723. The van der Waals surface area contributed by atoms with Crippen LogP contribution in [0.2, 0.25) is 0 Å². The fraction of sp³-hybridized carbons (Fsp3) is 0.350. The van der Waals surface area contributed by atoms with Gasteiger partial charge in [0.15, 0.2) is 0 Å². The van der Waals surface area contributed by atoms with Gasteiger partial charge in [-0.3, -0.25) is 4.79 Å². The van der Waals surface area contributed by atoms with Crippen LogP contribution in [-0.2, 0) is 14.8 Å². The molecule has 27 heavy (non-hydrogen) atoms. The van der Waals surface area contributed by atoms with E-state index in [0.29, 0.717) is 5.75 Å². The second-order valence-electron chi connectivity index (χ2n) is 6.66. The van der Waals surface area contributed by atoms with Gasteiger partial charge in [0.25, 0.3) is 0 Å². The molecule has 0 aliphatic carbocycles. The Bertz CT molecular complexity index is 877. The highest BCUT2D eigenvalue weighted by Crippen LogP contribution is 2.25. The molecule has 0 saturated carbocycles. The van der Waals surface area contributed by atoms with Gasteiger partial charge in [-0.25, -0.2) is 13.1 Å². The van der Waals surface area contributed by atoms with Crippen LogP contribution in [0.3, 0.4) is 0 Å². The predicted molar refractivity (Wildman–Crippen MR) is 108 cm³/mol. The van der Waals surface area contributed by atoms with Crippen molar-refractivity contribution >= 4 is 21.6 Å². The third-order valence-electron chi connectivity index (χ3n) is 3.90. The summed E-state index contributed by atoms with van der Waals surface area (Å²) in [6.45, 7) is 6.76. The summed E-state index contributed by atoms with van der Waals surface area (Å²) in [5, 5.41) is 2.29. The Hall–Kier alpha value is -2.38. The van der Waals surface area contributed by atoms with Crippen LogP contribution in [0.15, 0.2) is 48.5 Å². The number of ether oxygens (including phenoxy) is 1. The first-order valence-corrected chi connectivity index (χ1v) is 10.4. The van der Waals surface area contributed by atoms with E-state index in [1.807, 2.05) is 55.5 Å². The maximum absolute atomic E-state index is 11.8. The van der Waals surface area contributed by atoms with Crippen LogP contribution in [0.25, 0.3) is 11.1 Å². The van der Waals surface area contributed by atoms with Crippen molar-refractivity contribution in [3.8, 4) is 16.9 Å². The van der Waals surface area contributed by atoms with Crippen LogP contribution in [0.1, 0.15) is 27.7 Å². The SMILES string of the molecule is CC(=O)Nc1cccc(-c2ccc(OC(C)CNS(=O)(=O)C(C)C)cc2)c1. The maximum Gasteiger partial charge on any atom is 0.221 e. The fourth-order valence-electron chi connectivity index (χ4n) is 2.38. The van der Waals surface area contributed by atoms with E-state index in [-0.39, 0.29) is 18.6 Å². The molecule has 0 bridgehead atoms. The van der Waals surface area contributed by atoms with Gasteiger partial charge >= 0.3 is 0 Å². The minimum atomic E-state index is -3.30. The Labute approximate surface area is 161 Å². The average molecular weight is 391 g/mol. The number of hydrogen-bond acceptors (Lipinski definition) is 4. The molecule has 7 heteroatoms. The Balaban J connectivity index is 2.00. The monoisotopic (exact) mass is 390 g/mol. The topological polar surface area (TPSA) is 84.5 Å². The summed E-state index contributed by atoms with van der Waals surface area (Å²) in [7, 11) is -3.30. The van der Waals surface area contributed by atoms with Crippen molar-refractivity contribution < 1.29 is 17.9 Å². The lowest BCUT2D eigenvalue weighted by Gasteiger charge is -2.17. The number of sulfonamides is 1. The van der Waals surface area contributed by atoms with Gasteiger partial charge in [0.1, 0.15) is 11.9 Å². The molecule has 2 aromatic carbocycles. The highest BCUT2D eigenvalue weighted by atomic mass is 32.2. The fourth-order valence-corrected chi connectivity index (χ4v) is 3.18. The normalized spacial score (nSPS) is 12.6. The van der Waals surface area contributed by atoms with E-state index in [9.17, 15) is 13.2 Å². The lowest BCUT2D eigenvalue weighted by atomic mass is 10.0. The van der Waals surface area contributed by atoms with Gasteiger partial charge in [-0.15, -0.1) is 0 Å². The van der Waals surface area contributed by atoms with E-state index in [2.05, 4.69) is 10.0 Å². The number of amides is 1. The predicted octanol–water partition coefficient (Wildman–Crippen LogP) is 3.41. The molecular weight excluding hydrogens is 364 g/mol. The molecule has 0 aromatic heterocycles. The summed E-state index contributed by atoms with van der Waals surface area (Å²) in [6, 6.07) is 15.1. The summed E-state index contributed by atoms with van der Waals surface area (Å²) >= 11 is 0. The zero-order valence-corrected chi connectivity index (χ0v) is 16.8. The van der Waals surface area contributed by atoms with Crippen molar-refractivity contribution in [2.45, 2.75) is 39.0 Å². The highest BCUT2D eigenvalue weighted by molar-refractivity contribution is 7.90. The highest BCUT2D eigenvalue weighted by Gasteiger charge is 2.16. The number of benzene rings is 2. The van der Waals surface area contributed by atoms with Crippen LogP contribution < -0.4 is 14.8 Å². The van der Waals surface area contributed by atoms with Crippen LogP contribution in [-0.4, -0.2) is 32.2 Å². The molecule has 146 valence electrons. The van der Waals surface area contributed by atoms with Crippen molar-refractivity contribution in [1.29, 1.82) is 0 Å². The van der Waals surface area contributed by atoms with Crippen LogP contribution in [0, 0.1) is 0 Å². The van der Waals surface area contributed by atoms with Crippen molar-refractivity contribution in [2.75, 3.05) is 11.9 Å². The molecule has 0 radical (unpaired) electrons. The lowest BCUT2D eigenvalue weighted by Crippen LogP contribution is -2.37. The van der Waals surface area contributed by atoms with Crippen molar-refractivity contribution in [2.24, 2.45) is 0 Å². The van der Waals surface area contributed by atoms with Crippen LogP contribution in [0.5, 0.6) is 5.75 Å². The van der Waals surface area contributed by atoms with Crippen LogP contribution in [0.4, 0.5) is 5.69 Å². The Morgan fingerprint density at radius 1 is 1.04 bits per heavy atom. The Morgan fingerprint density at radius 2 is 1.70 bits per heavy atom. The van der Waals surface area contributed by atoms with E-state index in [1.165, 1.54) is 6.92 Å². The number of hydrogen-bond donors (Lipinski definition) is 2. The lowest BCUT2D eigenvalue weighted by molar-refractivity contribution is -0.114. The summed E-state index contributed by atoms with van der Waals surface area (Å²) in [5.74, 6) is 0.547. The standard InChI is InChI=1S/C20H26N2O4S/c1-14(2)27(24,25)21-13-15(3)26-20-10-8-17(9-11-20)18-6-5-7-19(12-18)22-16(4)23/h5-12,14-15,21H,13H2,1-4H3,(H,22,23). The van der Waals surface area contributed by atoms with Gasteiger partial charge in [0, 0.05) is 19.2 Å². The first kappa shape index (κ1) is 20.9. The molecule has 0 saturated heterocycles. The molecule has 2 aromatic rings. The first-order chi connectivity index (χ1) is 12.7. The van der Waals surface area contributed by atoms with E-state index >= 15 is 0 Å². The van der Waals surface area contributed by atoms with E-state index < -0.39 is 15.3 Å². The van der Waals surface area contributed by atoms with Gasteiger partial charge in [0.2, 0.25) is 15.9 Å². The van der Waals surface area contributed by atoms with Gasteiger partial charge in [0.05, 0.1) is 5.25 Å². The molecule has 0 aliphatic rings. The summed E-state index contributed by atoms with van der Waals surface area (Å²) < 4.78 is 31.9. The summed E-state index contributed by atoms with van der Waals surface area (Å²) in [6.07, 6.45) is -0.299. The van der Waals surface area contributed by atoms with Crippen molar-refractivity contribution in [3.05, 3.63) is 48.5 Å². The van der Waals surface area contributed by atoms with E-state index in [1.54, 1.807) is 13.8 Å². The third-order valence-corrected chi connectivity index (χ3v) is 5.71. The zero-order valence-electron chi connectivity index (χ0n) is 16.0. The second-order valence-corrected chi connectivity index (χ2v) is 8.98. The minimum Gasteiger partial charge on any atom is -0.489 e. The summed E-state index contributed by atoms with van der Waals surface area (Å²) in [4.78, 5) is 11.2. The second kappa shape index (κ2) is 9.01. The number of carbonyl (C=O) groups excluding carboxylic acids is 1. The molecule has 1 unspecified atom stereocenters. The largest absolute Gasteiger partial charge is 0.489 e. The van der Waals surface area contributed by atoms with E-state index in [0.717, 1.165) is 16.8 Å². The number of anilines is 1. The minimum absolute atomic E-state index is 0.113. The van der Waals surface area contributed by atoms with Crippen LogP contribution >= 0.6 is 0 Å². The molecule has 0 aliphatic heterocycles.